The van der Waals surface area contributed by atoms with Gasteiger partial charge in [0.2, 0.25) is 5.91 Å². The van der Waals surface area contributed by atoms with Crippen LogP contribution in [0.4, 0.5) is 0 Å². The highest BCUT2D eigenvalue weighted by Crippen LogP contribution is 2.16. The molecule has 0 aliphatic heterocycles. The van der Waals surface area contributed by atoms with Gasteiger partial charge in [0.25, 0.3) is 0 Å². The first kappa shape index (κ1) is 40.4. The Bertz CT molecular complexity index is 1290. The van der Waals surface area contributed by atoms with E-state index < -0.39 is 50.1 Å². The van der Waals surface area contributed by atoms with Crippen LogP contribution >= 0.6 is 22.6 Å². The van der Waals surface area contributed by atoms with Crippen molar-refractivity contribution >= 4 is 52.4 Å². The quantitative estimate of drug-likeness (QED) is 0.0587. The number of aromatic nitrogens is 2. The van der Waals surface area contributed by atoms with Gasteiger partial charge in [-0.2, -0.15) is 0 Å². The minimum atomic E-state index is -1.14. The topological polar surface area (TPSA) is 214 Å². The molecule has 264 valence electrons. The van der Waals surface area contributed by atoms with Crippen LogP contribution in [0.5, 0.6) is 0 Å². The number of nitrogens with one attached hydrogen (secondary N) is 1. The average molecular weight is 785 g/mol. The molecule has 5 N–H and O–H groups in total. The number of nitrogens with zero attached hydrogens (tertiary/aromatic N) is 5. The number of carboxylic acid groups (broad SMARTS) is 4. The van der Waals surface area contributed by atoms with Crippen molar-refractivity contribution in [3.05, 3.63) is 58.2 Å². The molecule has 2 rings (SSSR count). The van der Waals surface area contributed by atoms with E-state index in [-0.39, 0.29) is 19.0 Å². The summed E-state index contributed by atoms with van der Waals surface area (Å²) in [5, 5.41) is 39.9. The second-order valence-electron chi connectivity index (χ2n) is 11.7. The Morgan fingerprint density at radius 3 is 1.31 bits per heavy atom. The molecule has 15 nitrogen and oxygen atoms in total. The normalized spacial score (nSPS) is 11.3. The molecule has 0 saturated heterocycles. The number of unbranched alkanes of at least 4 members (excludes halogenated alkanes) is 3. The number of carboxylic acids is 4. The summed E-state index contributed by atoms with van der Waals surface area (Å²) >= 11 is 2.02. The predicted molar refractivity (Wildman–Crippen MR) is 184 cm³/mol. The Labute approximate surface area is 293 Å². The molecule has 0 aromatic carbocycles. The van der Waals surface area contributed by atoms with Crippen LogP contribution in [0, 0.1) is 13.8 Å². The number of aryl methyl sites for hydroxylation is 2. The van der Waals surface area contributed by atoms with Crippen molar-refractivity contribution in [2.45, 2.75) is 65.7 Å². The van der Waals surface area contributed by atoms with E-state index in [9.17, 15) is 44.4 Å². The lowest BCUT2D eigenvalue weighted by Crippen LogP contribution is -2.34. The zero-order valence-electron chi connectivity index (χ0n) is 27.4. The van der Waals surface area contributed by atoms with Gasteiger partial charge in [0.05, 0.1) is 53.4 Å². The molecule has 0 saturated carbocycles. The first-order valence-electron chi connectivity index (χ1n) is 15.5. The Morgan fingerprint density at radius 2 is 0.958 bits per heavy atom. The van der Waals surface area contributed by atoms with E-state index in [1.807, 2.05) is 48.6 Å². The fourth-order valence-corrected chi connectivity index (χ4v) is 5.55. The summed E-state index contributed by atoms with van der Waals surface area (Å²) in [6, 6.07) is 7.46. The van der Waals surface area contributed by atoms with Crippen LogP contribution in [0.25, 0.3) is 0 Å². The number of alkyl halides is 1. The lowest BCUT2D eigenvalue weighted by Gasteiger charge is -2.24. The van der Waals surface area contributed by atoms with Crippen LogP contribution in [0.3, 0.4) is 0 Å². The number of halogens is 1. The summed E-state index contributed by atoms with van der Waals surface area (Å²) in [6.07, 6.45) is 3.57. The Morgan fingerprint density at radius 1 is 0.604 bits per heavy atom. The minimum absolute atomic E-state index is 0.0138. The molecule has 2 heterocycles. The van der Waals surface area contributed by atoms with E-state index >= 15 is 0 Å². The molecule has 16 heteroatoms. The van der Waals surface area contributed by atoms with Gasteiger partial charge in [0.15, 0.2) is 0 Å². The zero-order chi connectivity index (χ0) is 35.6. The second kappa shape index (κ2) is 21.3. The minimum Gasteiger partial charge on any atom is -0.480 e. The van der Waals surface area contributed by atoms with E-state index in [2.05, 4.69) is 10.2 Å². The lowest BCUT2D eigenvalue weighted by molar-refractivity contribution is -0.144. The molecule has 0 spiro atoms. The zero-order valence-corrected chi connectivity index (χ0v) is 29.5. The van der Waals surface area contributed by atoms with Gasteiger partial charge in [-0.1, -0.05) is 35.4 Å². The molecule has 0 fully saturated rings. The maximum Gasteiger partial charge on any atom is 0.317 e. The third-order valence-electron chi connectivity index (χ3n) is 6.97. The number of pyridine rings is 2. The van der Waals surface area contributed by atoms with Crippen molar-refractivity contribution in [2.75, 3.05) is 43.7 Å². The van der Waals surface area contributed by atoms with E-state index in [1.54, 1.807) is 12.1 Å². The molecule has 2 aromatic heterocycles. The Kier molecular flexibility index (Phi) is 17.9. The maximum atomic E-state index is 11.5. The molecule has 0 aliphatic rings. The Hall–Kier alpha value is -3.74. The van der Waals surface area contributed by atoms with Crippen LogP contribution in [0.1, 0.15) is 59.6 Å². The van der Waals surface area contributed by atoms with E-state index in [1.165, 1.54) is 9.80 Å². The summed E-state index contributed by atoms with van der Waals surface area (Å²) in [4.78, 5) is 71.0. The van der Waals surface area contributed by atoms with Gasteiger partial charge in [0.1, 0.15) is 0 Å². The second-order valence-corrected chi connectivity index (χ2v) is 12.5. The average Bonchev–Trinajstić information content (AvgIpc) is 2.94. The van der Waals surface area contributed by atoms with Gasteiger partial charge >= 0.3 is 23.9 Å². The first-order valence-corrected chi connectivity index (χ1v) is 17.0. The molecule has 48 heavy (non-hydrogen) atoms. The number of amides is 1. The van der Waals surface area contributed by atoms with Crippen molar-refractivity contribution in [3.8, 4) is 0 Å². The van der Waals surface area contributed by atoms with Crippen LogP contribution in [0.15, 0.2) is 24.3 Å². The molecule has 1 amide bonds. The van der Waals surface area contributed by atoms with Gasteiger partial charge in [-0.25, -0.2) is 0 Å². The van der Waals surface area contributed by atoms with Gasteiger partial charge in [-0.3, -0.25) is 48.6 Å². The summed E-state index contributed by atoms with van der Waals surface area (Å²) in [5.41, 5.74) is 4.32. The van der Waals surface area contributed by atoms with Crippen LogP contribution in [-0.4, -0.2) is 119 Å². The fourth-order valence-electron chi connectivity index (χ4n) is 5.28. The van der Waals surface area contributed by atoms with E-state index in [0.717, 1.165) is 48.2 Å². The highest BCUT2D eigenvalue weighted by atomic mass is 127. The standard InChI is InChI=1S/C32H45IN6O9/c1-22-9-24(35-26(11-22)16-38(18-29(41)42)19-30(43)44)14-37(8-6-4-3-5-7-34-28(40)13-33)15-25-10-23(2)12-27(36-25)17-39(20-31(45)46)21-32(47)48/h9-12H,3-8,13-21H2,1-2H3,(H,34,40)(H,41,42)(H,43,44)(H,45,46)(H,47,48). The molecule has 0 bridgehead atoms. The van der Waals surface area contributed by atoms with Crippen LogP contribution < -0.4 is 5.32 Å². The summed E-state index contributed by atoms with van der Waals surface area (Å²) < 4.78 is 0.421. The van der Waals surface area contributed by atoms with Crippen molar-refractivity contribution in [1.29, 1.82) is 0 Å². The molecular formula is C32H45IN6O9. The first-order chi connectivity index (χ1) is 22.7. The number of aliphatic carboxylic acids is 4. The molecule has 0 aliphatic carbocycles. The number of rotatable bonds is 24. The number of hydrogen-bond donors (Lipinski definition) is 5. The highest BCUT2D eigenvalue weighted by molar-refractivity contribution is 14.1. The maximum absolute atomic E-state index is 11.5. The summed E-state index contributed by atoms with van der Waals surface area (Å²) in [7, 11) is 0. The van der Waals surface area contributed by atoms with Crippen molar-refractivity contribution in [1.82, 2.24) is 30.0 Å². The van der Waals surface area contributed by atoms with Crippen molar-refractivity contribution in [3.63, 3.8) is 0 Å². The van der Waals surface area contributed by atoms with Gasteiger partial charge < -0.3 is 25.7 Å². The molecule has 2 aromatic rings. The van der Waals surface area contributed by atoms with Gasteiger partial charge in [0, 0.05) is 32.7 Å². The molecular weight excluding hydrogens is 739 g/mol. The summed E-state index contributed by atoms with van der Waals surface area (Å²) in [5.74, 6) is -4.54. The molecule has 0 radical (unpaired) electrons. The molecule has 0 atom stereocenters. The van der Waals surface area contributed by atoms with Crippen molar-refractivity contribution in [2.24, 2.45) is 0 Å². The predicted octanol–water partition coefficient (Wildman–Crippen LogP) is 2.15. The highest BCUT2D eigenvalue weighted by Gasteiger charge is 2.18. The SMILES string of the molecule is Cc1cc(CN(CC(=O)O)CC(=O)O)nc(CN(CCCCCCNC(=O)CI)Cc2cc(C)cc(CN(CC(=O)O)CC(=O)O)n2)c1. The van der Waals surface area contributed by atoms with Crippen LogP contribution in [-0.2, 0) is 50.2 Å². The molecule has 0 unspecified atom stereocenters. The van der Waals surface area contributed by atoms with Gasteiger partial charge in [-0.05, 0) is 68.6 Å². The third kappa shape index (κ3) is 17.4. The smallest absolute Gasteiger partial charge is 0.317 e. The van der Waals surface area contributed by atoms with E-state index in [0.29, 0.717) is 42.0 Å². The number of carbonyl (C=O) groups excluding carboxylic acids is 1. The fraction of sp³-hybridized carbons (Fsp3) is 0.531. The van der Waals surface area contributed by atoms with Gasteiger partial charge in [-0.15, -0.1) is 0 Å². The number of carbonyl (C=O) groups is 5. The van der Waals surface area contributed by atoms with E-state index in [4.69, 9.17) is 9.97 Å². The number of hydrogen-bond acceptors (Lipinski definition) is 10. The van der Waals surface area contributed by atoms with Crippen LogP contribution in [0.2, 0.25) is 0 Å². The monoisotopic (exact) mass is 784 g/mol. The Balaban J connectivity index is 2.27. The summed E-state index contributed by atoms with van der Waals surface area (Å²) in [6.45, 7) is 4.27. The van der Waals surface area contributed by atoms with Crippen molar-refractivity contribution < 1.29 is 44.4 Å². The largest absolute Gasteiger partial charge is 0.480 e. The lowest BCUT2D eigenvalue weighted by atomic mass is 10.1. The third-order valence-corrected chi connectivity index (χ3v) is 7.67.